The van der Waals surface area contributed by atoms with Gasteiger partial charge in [-0.15, -0.1) is 0 Å². The first kappa shape index (κ1) is 17.0. The summed E-state index contributed by atoms with van der Waals surface area (Å²) in [5.41, 5.74) is 2.99. The number of amides is 2. The van der Waals surface area contributed by atoms with Crippen LogP contribution in [0.25, 0.3) is 0 Å². The van der Waals surface area contributed by atoms with Crippen LogP contribution in [-0.4, -0.2) is 16.8 Å². The van der Waals surface area contributed by atoms with Crippen molar-refractivity contribution in [3.05, 3.63) is 83.6 Å². The molecule has 0 fully saturated rings. The lowest BCUT2D eigenvalue weighted by Gasteiger charge is -2.25. The van der Waals surface area contributed by atoms with E-state index >= 15 is 0 Å². The lowest BCUT2D eigenvalue weighted by atomic mass is 10.1. The molecule has 6 heteroatoms. The van der Waals surface area contributed by atoms with Crippen LogP contribution in [-0.2, 0) is 11.3 Å². The van der Waals surface area contributed by atoms with Crippen molar-refractivity contribution in [2.75, 3.05) is 4.90 Å². The number of anilines is 1. The fourth-order valence-electron chi connectivity index (χ4n) is 3.37. The van der Waals surface area contributed by atoms with E-state index in [-0.39, 0.29) is 18.2 Å². The van der Waals surface area contributed by atoms with Crippen LogP contribution >= 0.6 is 0 Å². The number of nitrogens with zero attached hydrogens (tertiary/aromatic N) is 2. The second-order valence-corrected chi connectivity index (χ2v) is 6.53. The number of aromatic nitrogens is 1. The van der Waals surface area contributed by atoms with E-state index in [4.69, 9.17) is 4.42 Å². The molecule has 1 N–H and O–H groups in total. The summed E-state index contributed by atoms with van der Waals surface area (Å²) >= 11 is 0. The number of carbonyl (C=O) groups is 2. The molecule has 0 spiro atoms. The minimum absolute atomic E-state index is 0.129. The molecule has 1 aliphatic heterocycles. The molecule has 0 radical (unpaired) electrons. The number of fused-ring (bicyclic) bond motifs is 1. The van der Waals surface area contributed by atoms with E-state index in [1.165, 1.54) is 0 Å². The molecule has 6 nitrogen and oxygen atoms in total. The molecule has 4 rings (SSSR count). The Kier molecular flexibility index (Phi) is 4.46. The third-order valence-corrected chi connectivity index (χ3v) is 4.61. The zero-order chi connectivity index (χ0) is 18.8. The van der Waals surface area contributed by atoms with Gasteiger partial charge in [-0.2, -0.15) is 0 Å². The Labute approximate surface area is 156 Å². The van der Waals surface area contributed by atoms with Gasteiger partial charge in [0.2, 0.25) is 5.91 Å². The topological polar surface area (TPSA) is 75.4 Å². The largest absolute Gasteiger partial charge is 0.467 e. The summed E-state index contributed by atoms with van der Waals surface area (Å²) < 4.78 is 5.24. The van der Waals surface area contributed by atoms with Crippen LogP contribution in [0.2, 0.25) is 0 Å². The second-order valence-electron chi connectivity index (χ2n) is 6.53. The van der Waals surface area contributed by atoms with Gasteiger partial charge in [-0.1, -0.05) is 12.1 Å². The summed E-state index contributed by atoms with van der Waals surface area (Å²) in [6.45, 7) is 2.28. The summed E-state index contributed by atoms with van der Waals surface area (Å²) in [4.78, 5) is 31.6. The van der Waals surface area contributed by atoms with Crippen molar-refractivity contribution < 1.29 is 14.0 Å². The Bertz CT molecular complexity index is 982. The van der Waals surface area contributed by atoms with Crippen LogP contribution < -0.4 is 10.2 Å². The molecule has 0 bridgehead atoms. The van der Waals surface area contributed by atoms with Crippen LogP contribution in [0.3, 0.4) is 0 Å². The van der Waals surface area contributed by atoms with Crippen molar-refractivity contribution in [2.24, 2.45) is 0 Å². The molecule has 3 heterocycles. The first-order valence-electron chi connectivity index (χ1n) is 8.77. The van der Waals surface area contributed by atoms with Gasteiger partial charge in [0.15, 0.2) is 0 Å². The van der Waals surface area contributed by atoms with E-state index in [0.29, 0.717) is 23.6 Å². The molecule has 3 aromatic rings. The Hall–Kier alpha value is -3.41. The highest BCUT2D eigenvalue weighted by Gasteiger charge is 2.39. The van der Waals surface area contributed by atoms with Gasteiger partial charge in [-0.3, -0.25) is 19.5 Å². The van der Waals surface area contributed by atoms with E-state index in [1.807, 2.05) is 31.2 Å². The molecule has 136 valence electrons. The minimum Gasteiger partial charge on any atom is -0.467 e. The second kappa shape index (κ2) is 7.07. The number of pyridine rings is 1. The SMILES string of the molecule is Cc1cccc(N2C(=O)c3cccnc3C2CC(=O)NCc2ccco2)c1. The fraction of sp³-hybridized carbons (Fsp3) is 0.190. The van der Waals surface area contributed by atoms with Crippen molar-refractivity contribution in [3.8, 4) is 0 Å². The Balaban J connectivity index is 1.60. The van der Waals surface area contributed by atoms with Gasteiger partial charge in [0.05, 0.1) is 36.5 Å². The highest BCUT2D eigenvalue weighted by atomic mass is 16.3. The fourth-order valence-corrected chi connectivity index (χ4v) is 3.37. The molecule has 1 aliphatic rings. The molecule has 2 aromatic heterocycles. The van der Waals surface area contributed by atoms with Crippen LogP contribution in [0.1, 0.15) is 39.8 Å². The first-order valence-corrected chi connectivity index (χ1v) is 8.77. The summed E-state index contributed by atoms with van der Waals surface area (Å²) in [5.74, 6) is 0.382. The Morgan fingerprint density at radius 3 is 2.89 bits per heavy atom. The zero-order valence-corrected chi connectivity index (χ0v) is 14.9. The molecular formula is C21H19N3O3. The van der Waals surface area contributed by atoms with Crippen molar-refractivity contribution in [3.63, 3.8) is 0 Å². The predicted molar refractivity (Wildman–Crippen MR) is 100 cm³/mol. The molecule has 1 unspecified atom stereocenters. The Morgan fingerprint density at radius 2 is 2.11 bits per heavy atom. The van der Waals surface area contributed by atoms with Gasteiger partial charge in [0.25, 0.3) is 5.91 Å². The lowest BCUT2D eigenvalue weighted by molar-refractivity contribution is -0.121. The molecular weight excluding hydrogens is 342 g/mol. The summed E-state index contributed by atoms with van der Waals surface area (Å²) in [5, 5.41) is 2.84. The van der Waals surface area contributed by atoms with E-state index in [1.54, 1.807) is 41.6 Å². The average molecular weight is 361 g/mol. The number of nitrogens with one attached hydrogen (secondary N) is 1. The monoisotopic (exact) mass is 361 g/mol. The molecule has 27 heavy (non-hydrogen) atoms. The molecule has 0 saturated heterocycles. The smallest absolute Gasteiger partial charge is 0.260 e. The molecule has 2 amide bonds. The van der Waals surface area contributed by atoms with Gasteiger partial charge in [-0.25, -0.2) is 0 Å². The van der Waals surface area contributed by atoms with Crippen molar-refractivity contribution in [2.45, 2.75) is 25.9 Å². The summed E-state index contributed by atoms with van der Waals surface area (Å²) in [7, 11) is 0. The van der Waals surface area contributed by atoms with E-state index in [2.05, 4.69) is 10.3 Å². The maximum atomic E-state index is 13.0. The predicted octanol–water partition coefficient (Wildman–Crippen LogP) is 3.39. The average Bonchev–Trinajstić information content (AvgIpc) is 3.28. The van der Waals surface area contributed by atoms with E-state index in [0.717, 1.165) is 11.3 Å². The van der Waals surface area contributed by atoms with Gasteiger partial charge in [0.1, 0.15) is 5.76 Å². The number of benzene rings is 1. The van der Waals surface area contributed by atoms with Crippen LogP contribution in [0, 0.1) is 6.92 Å². The lowest BCUT2D eigenvalue weighted by Crippen LogP contribution is -2.32. The molecule has 0 aliphatic carbocycles. The number of rotatable bonds is 5. The van der Waals surface area contributed by atoms with E-state index < -0.39 is 6.04 Å². The number of aryl methyl sites for hydroxylation is 1. The zero-order valence-electron chi connectivity index (χ0n) is 14.9. The van der Waals surface area contributed by atoms with Crippen LogP contribution in [0.15, 0.2) is 65.4 Å². The number of furan rings is 1. The Morgan fingerprint density at radius 1 is 1.22 bits per heavy atom. The van der Waals surface area contributed by atoms with Gasteiger partial charge >= 0.3 is 0 Å². The number of hydrogen-bond acceptors (Lipinski definition) is 4. The quantitative estimate of drug-likeness (QED) is 0.756. The van der Waals surface area contributed by atoms with Crippen molar-refractivity contribution in [1.29, 1.82) is 0 Å². The van der Waals surface area contributed by atoms with Crippen molar-refractivity contribution in [1.82, 2.24) is 10.3 Å². The maximum Gasteiger partial charge on any atom is 0.260 e. The third-order valence-electron chi connectivity index (χ3n) is 4.61. The summed E-state index contributed by atoms with van der Waals surface area (Å²) in [6, 6.07) is 14.3. The molecule has 0 saturated carbocycles. The van der Waals surface area contributed by atoms with Crippen LogP contribution in [0.4, 0.5) is 5.69 Å². The molecule has 1 atom stereocenters. The van der Waals surface area contributed by atoms with Gasteiger partial charge in [0, 0.05) is 11.9 Å². The van der Waals surface area contributed by atoms with Crippen LogP contribution in [0.5, 0.6) is 0 Å². The highest BCUT2D eigenvalue weighted by Crippen LogP contribution is 2.38. The van der Waals surface area contributed by atoms with Gasteiger partial charge in [-0.05, 0) is 48.9 Å². The summed E-state index contributed by atoms with van der Waals surface area (Å²) in [6.07, 6.45) is 3.35. The number of carbonyl (C=O) groups excluding carboxylic acids is 2. The molecule has 1 aromatic carbocycles. The highest BCUT2D eigenvalue weighted by molar-refractivity contribution is 6.11. The normalized spacial score (nSPS) is 15.7. The first-order chi connectivity index (χ1) is 13.1. The van der Waals surface area contributed by atoms with Gasteiger partial charge < -0.3 is 9.73 Å². The minimum atomic E-state index is -0.438. The van der Waals surface area contributed by atoms with Crippen molar-refractivity contribution >= 4 is 17.5 Å². The third kappa shape index (κ3) is 3.33. The standard InChI is InChI=1S/C21H19N3O3/c1-14-5-2-6-15(11-14)24-18(20-17(21(24)26)8-3-9-22-20)12-19(25)23-13-16-7-4-10-27-16/h2-11,18H,12-13H2,1H3,(H,23,25). The number of hydrogen-bond donors (Lipinski definition) is 1. The van der Waals surface area contributed by atoms with E-state index in [9.17, 15) is 9.59 Å². The maximum absolute atomic E-state index is 13.0.